The number of carbonyl (C=O) groups is 4. The molecule has 0 aliphatic carbocycles. The second-order valence-corrected chi connectivity index (χ2v) is 8.72. The average molecular weight is 715 g/mol. The summed E-state index contributed by atoms with van der Waals surface area (Å²) in [6, 6.07) is 0. The highest BCUT2D eigenvalue weighted by Gasteiger charge is 2.15. The topological polar surface area (TPSA) is 423 Å². The fourth-order valence-electron chi connectivity index (χ4n) is 3.28. The lowest BCUT2D eigenvalue weighted by Gasteiger charge is -1.95. The van der Waals surface area contributed by atoms with E-state index < -0.39 is 35.0 Å². The number of carbonyl (C=O) groups excluding carboxylic acids is 4. The van der Waals surface area contributed by atoms with Gasteiger partial charge in [-0.25, -0.2) is 43.8 Å². The summed E-state index contributed by atoms with van der Waals surface area (Å²) < 4.78 is 4.26. The van der Waals surface area contributed by atoms with Gasteiger partial charge in [0.15, 0.2) is 34.3 Å². The highest BCUT2D eigenvalue weighted by atomic mass is 16.2. The first kappa shape index (κ1) is 41.1. The molecule has 4 amide bonds. The van der Waals surface area contributed by atoms with E-state index in [0.29, 0.717) is 0 Å². The molecule has 6 rings (SSSR count). The van der Waals surface area contributed by atoms with Crippen LogP contribution in [0.15, 0.2) is 45.2 Å². The number of hydrogen-bond donors (Lipinski definition) is 8. The first-order chi connectivity index (χ1) is 23.2. The fraction of sp³-hybridized carbons (Fsp3) is 0.217. The second kappa shape index (κ2) is 17.8. The molecule has 0 atom stereocenters. The standard InChI is InChI=1S/2C6H6N6O2.C5H8N6O.C4H6N4O.2CH4/c2*1-11-6(14)12-2-8-3(4(7)13)5(12)9-10-11;1-7-11-10-5-3(4(6)12)8-2-9-5;5-3-2(4(6)9)7-1-8-3;;/h2*2H,1H3,(H2,7,13);2H,1H3,(H2,6,12)(H,7,10)(H,8,9);1H,5H2,(H2,6,9)(H,7,8);2*1H4. The molecule has 28 nitrogen and oxygen atoms in total. The highest BCUT2D eigenvalue weighted by molar-refractivity contribution is 5.97. The van der Waals surface area contributed by atoms with Gasteiger partial charge in [-0.2, -0.15) is 14.5 Å². The largest absolute Gasteiger partial charge is 0.382 e. The molecule has 28 heteroatoms. The molecule has 272 valence electrons. The number of nitrogens with one attached hydrogen (secondary N) is 3. The minimum Gasteiger partial charge on any atom is -0.382 e. The number of anilines is 2. The maximum absolute atomic E-state index is 11.4. The van der Waals surface area contributed by atoms with Crippen LogP contribution in [0.5, 0.6) is 0 Å². The normalized spacial score (nSPS) is 9.94. The number of hydrogen-bond acceptors (Lipinski definition) is 17. The Morgan fingerprint density at radius 2 is 1.14 bits per heavy atom. The van der Waals surface area contributed by atoms with Gasteiger partial charge in [-0.05, 0) is 0 Å². The van der Waals surface area contributed by atoms with E-state index in [9.17, 15) is 28.8 Å². The van der Waals surface area contributed by atoms with E-state index in [0.717, 1.165) is 18.2 Å². The van der Waals surface area contributed by atoms with E-state index in [1.807, 2.05) is 0 Å². The molecule has 0 saturated carbocycles. The molecule has 0 aromatic carbocycles. The molecule has 51 heavy (non-hydrogen) atoms. The second-order valence-electron chi connectivity index (χ2n) is 8.72. The van der Waals surface area contributed by atoms with Crippen molar-refractivity contribution in [1.82, 2.24) is 68.7 Å². The van der Waals surface area contributed by atoms with Crippen LogP contribution in [0, 0.1) is 0 Å². The van der Waals surface area contributed by atoms with Gasteiger partial charge in [-0.3, -0.25) is 19.2 Å². The first-order valence-electron chi connectivity index (χ1n) is 12.8. The van der Waals surface area contributed by atoms with Crippen LogP contribution in [0.3, 0.4) is 0 Å². The van der Waals surface area contributed by atoms with Crippen LogP contribution in [0.2, 0.25) is 0 Å². The predicted molar refractivity (Wildman–Crippen MR) is 176 cm³/mol. The van der Waals surface area contributed by atoms with E-state index in [1.165, 1.54) is 46.5 Å². The quantitative estimate of drug-likeness (QED) is 0.0604. The summed E-state index contributed by atoms with van der Waals surface area (Å²) >= 11 is 0. The van der Waals surface area contributed by atoms with Crippen molar-refractivity contribution >= 4 is 46.6 Å². The molecule has 6 aromatic heterocycles. The van der Waals surface area contributed by atoms with Gasteiger partial charge in [0.2, 0.25) is 0 Å². The van der Waals surface area contributed by atoms with Gasteiger partial charge in [0, 0.05) is 14.1 Å². The lowest BCUT2D eigenvalue weighted by atomic mass is 10.4. The van der Waals surface area contributed by atoms with Crippen molar-refractivity contribution in [2.75, 3.05) is 18.2 Å². The molecule has 6 heterocycles. The number of nitrogens with zero attached hydrogens (tertiary/aromatic N) is 14. The summed E-state index contributed by atoms with van der Waals surface area (Å²) in [7, 11) is 4.38. The van der Waals surface area contributed by atoms with Gasteiger partial charge < -0.3 is 38.6 Å². The van der Waals surface area contributed by atoms with Crippen molar-refractivity contribution in [3.05, 3.63) is 69.1 Å². The summed E-state index contributed by atoms with van der Waals surface area (Å²) in [4.78, 5) is 85.2. The van der Waals surface area contributed by atoms with E-state index in [4.69, 9.17) is 28.7 Å². The Kier molecular flexibility index (Phi) is 14.4. The lowest BCUT2D eigenvalue weighted by Crippen LogP contribution is -2.27. The molecule has 13 N–H and O–H groups in total. The molecule has 6 aromatic rings. The van der Waals surface area contributed by atoms with E-state index in [2.05, 4.69) is 66.3 Å². The minimum atomic E-state index is -0.741. The zero-order chi connectivity index (χ0) is 36.4. The molecule has 0 radical (unpaired) electrons. The Labute approximate surface area is 284 Å². The maximum Gasteiger partial charge on any atom is 0.352 e. The van der Waals surface area contributed by atoms with Crippen molar-refractivity contribution in [2.24, 2.45) is 47.4 Å². The Bertz CT molecular complexity index is 2180. The van der Waals surface area contributed by atoms with Crippen molar-refractivity contribution in [2.45, 2.75) is 14.9 Å². The van der Waals surface area contributed by atoms with Crippen molar-refractivity contribution in [3.8, 4) is 0 Å². The fourth-order valence-corrected chi connectivity index (χ4v) is 3.28. The summed E-state index contributed by atoms with van der Waals surface area (Å²) in [6.45, 7) is 0. The van der Waals surface area contributed by atoms with Crippen LogP contribution in [0.1, 0.15) is 56.8 Å². The van der Waals surface area contributed by atoms with Crippen molar-refractivity contribution < 1.29 is 19.2 Å². The number of aromatic nitrogens is 14. The lowest BCUT2D eigenvalue weighted by molar-refractivity contribution is 0.0988. The first-order valence-corrected chi connectivity index (χ1v) is 12.8. The van der Waals surface area contributed by atoms with Gasteiger partial charge in [-0.15, -0.1) is 10.2 Å². The Balaban J connectivity index is 0.000000340. The summed E-state index contributed by atoms with van der Waals surface area (Å²) in [5.74, 6) is -2.26. The molecular formula is C23H34N22O6. The van der Waals surface area contributed by atoms with Crippen LogP contribution in [0.4, 0.5) is 11.6 Å². The molecule has 0 bridgehead atoms. The van der Waals surface area contributed by atoms with E-state index >= 15 is 0 Å². The van der Waals surface area contributed by atoms with Gasteiger partial charge in [0.05, 0.1) is 19.7 Å². The van der Waals surface area contributed by atoms with Crippen LogP contribution in [-0.4, -0.2) is 99.4 Å². The molecule has 0 fully saturated rings. The number of fused-ring (bicyclic) bond motifs is 2. The number of H-pyrrole nitrogens is 2. The zero-order valence-electron chi connectivity index (χ0n) is 25.4. The van der Waals surface area contributed by atoms with Crippen molar-refractivity contribution in [3.63, 3.8) is 0 Å². The molecular weight excluding hydrogens is 680 g/mol. The number of nitrogen functional groups attached to an aromatic ring is 1. The third-order valence-electron chi connectivity index (χ3n) is 5.52. The predicted octanol–water partition coefficient (Wildman–Crippen LogP) is -3.88. The molecule has 0 spiro atoms. The highest BCUT2D eigenvalue weighted by Crippen LogP contribution is 2.07. The summed E-state index contributed by atoms with van der Waals surface area (Å²) in [5, 5.41) is 21.1. The maximum atomic E-state index is 11.4. The average Bonchev–Trinajstić information content (AvgIpc) is 3.86. The molecule has 0 aliphatic heterocycles. The third-order valence-corrected chi connectivity index (χ3v) is 5.52. The Hall–Kier alpha value is -7.94. The SMILES string of the molecule is C.C.CN=NNc1nc[nH]c1C(N)=O.Cn1nnc2c(C(N)=O)ncn2c1=O.Cn1nnc2c(C(N)=O)ncn2c1=O.NC(=O)c1[nH]cnc1N. The molecule has 0 saturated heterocycles. The number of primary amides is 4. The number of amides is 4. The Morgan fingerprint density at radius 3 is 1.49 bits per heavy atom. The van der Waals surface area contributed by atoms with Gasteiger partial charge >= 0.3 is 11.4 Å². The number of aryl methyl sites for hydroxylation is 2. The van der Waals surface area contributed by atoms with Crippen LogP contribution in [-0.2, 0) is 14.1 Å². The van der Waals surface area contributed by atoms with E-state index in [-0.39, 0.29) is 60.6 Å². The number of imidazole rings is 4. The molecule has 0 unspecified atom stereocenters. The summed E-state index contributed by atoms with van der Waals surface area (Å²) in [6.07, 6.45) is 5.03. The van der Waals surface area contributed by atoms with Crippen LogP contribution in [0.25, 0.3) is 11.3 Å². The Morgan fingerprint density at radius 1 is 0.706 bits per heavy atom. The monoisotopic (exact) mass is 714 g/mol. The molecule has 0 aliphatic rings. The number of nitrogens with two attached hydrogens (primary N) is 5. The smallest absolute Gasteiger partial charge is 0.352 e. The van der Waals surface area contributed by atoms with Gasteiger partial charge in [0.25, 0.3) is 23.6 Å². The van der Waals surface area contributed by atoms with Crippen LogP contribution >= 0.6 is 0 Å². The van der Waals surface area contributed by atoms with Crippen LogP contribution < -0.4 is 45.5 Å². The van der Waals surface area contributed by atoms with Crippen molar-refractivity contribution in [1.29, 1.82) is 0 Å². The van der Waals surface area contributed by atoms with E-state index in [1.54, 1.807) is 0 Å². The van der Waals surface area contributed by atoms with Gasteiger partial charge in [-0.1, -0.05) is 30.5 Å². The third kappa shape index (κ3) is 9.55. The zero-order valence-corrected chi connectivity index (χ0v) is 25.4. The minimum absolute atomic E-state index is 0. The number of rotatable bonds is 6. The number of aromatic amines is 2. The summed E-state index contributed by atoms with van der Waals surface area (Å²) in [5.41, 5.74) is 27.1. The van der Waals surface area contributed by atoms with Gasteiger partial charge in [0.1, 0.15) is 24.0 Å².